The molecule has 0 spiro atoms. The summed E-state index contributed by atoms with van der Waals surface area (Å²) in [6.45, 7) is 8.49. The van der Waals surface area contributed by atoms with E-state index in [0.29, 0.717) is 32.3 Å². The Morgan fingerprint density at radius 2 is 1.71 bits per heavy atom. The molecule has 0 aromatic heterocycles. The number of hydrogen-bond acceptors (Lipinski definition) is 7. The Morgan fingerprint density at radius 3 is 2.40 bits per heavy atom. The second kappa shape index (κ2) is 20.9. The lowest BCUT2D eigenvalue weighted by atomic mass is 9.98. The maximum Gasteiger partial charge on any atom is 0.305 e. The van der Waals surface area contributed by atoms with Gasteiger partial charge in [0.1, 0.15) is 19.0 Å². The van der Waals surface area contributed by atoms with Crippen LogP contribution < -0.4 is 15.4 Å². The van der Waals surface area contributed by atoms with E-state index in [-0.39, 0.29) is 63.6 Å². The molecule has 0 aliphatic carbocycles. The van der Waals surface area contributed by atoms with Gasteiger partial charge in [-0.15, -0.1) is 13.2 Å². The topological polar surface area (TPSA) is 123 Å². The van der Waals surface area contributed by atoms with Crippen molar-refractivity contribution in [1.82, 2.24) is 10.6 Å². The molecule has 0 saturated carbocycles. The molecule has 228 valence electrons. The molecule has 0 bridgehead atoms. The van der Waals surface area contributed by atoms with Gasteiger partial charge in [-0.1, -0.05) is 54.6 Å². The van der Waals surface area contributed by atoms with Crippen LogP contribution in [0.3, 0.4) is 0 Å². The third-order valence-electron chi connectivity index (χ3n) is 6.29. The molecule has 0 aliphatic rings. The van der Waals surface area contributed by atoms with E-state index < -0.39 is 12.0 Å². The third kappa shape index (κ3) is 14.6. The normalized spacial score (nSPS) is 12.0. The summed E-state index contributed by atoms with van der Waals surface area (Å²) in [5, 5.41) is 14.5. The van der Waals surface area contributed by atoms with Gasteiger partial charge in [-0.3, -0.25) is 14.4 Å². The van der Waals surface area contributed by atoms with Gasteiger partial charge < -0.3 is 30.0 Å². The summed E-state index contributed by atoms with van der Waals surface area (Å²) < 4.78 is 16.5. The number of allylic oxidation sites excluding steroid dienone is 2. The van der Waals surface area contributed by atoms with Crippen molar-refractivity contribution < 1.29 is 33.7 Å². The van der Waals surface area contributed by atoms with Crippen LogP contribution in [0.25, 0.3) is 0 Å². The predicted octanol–water partition coefficient (Wildman–Crippen LogP) is 3.90. The molecule has 0 radical (unpaired) electrons. The first kappa shape index (κ1) is 34.3. The fourth-order valence-electron chi connectivity index (χ4n) is 4.08. The molecule has 9 nitrogen and oxygen atoms in total. The summed E-state index contributed by atoms with van der Waals surface area (Å²) in [5.41, 5.74) is 1.99. The number of nitrogens with one attached hydrogen (secondary N) is 2. The van der Waals surface area contributed by atoms with E-state index >= 15 is 0 Å². The Bertz CT molecular complexity index is 1090. The zero-order valence-corrected chi connectivity index (χ0v) is 24.3. The van der Waals surface area contributed by atoms with Gasteiger partial charge in [0.05, 0.1) is 31.8 Å². The molecule has 2 rings (SSSR count). The van der Waals surface area contributed by atoms with E-state index in [9.17, 15) is 14.4 Å². The van der Waals surface area contributed by atoms with Gasteiger partial charge in [0.2, 0.25) is 11.8 Å². The fraction of sp³-hybridized carbons (Fsp3) is 0.424. The van der Waals surface area contributed by atoms with Gasteiger partial charge in [0, 0.05) is 19.4 Å². The van der Waals surface area contributed by atoms with E-state index in [4.69, 9.17) is 19.3 Å². The number of ether oxygens (including phenoxy) is 3. The van der Waals surface area contributed by atoms with Crippen LogP contribution in [0.15, 0.2) is 79.9 Å². The van der Waals surface area contributed by atoms with E-state index in [1.54, 1.807) is 12.2 Å². The first-order valence-electron chi connectivity index (χ1n) is 14.3. The van der Waals surface area contributed by atoms with E-state index in [2.05, 4.69) is 23.8 Å². The first-order chi connectivity index (χ1) is 20.4. The number of hydrogen-bond donors (Lipinski definition) is 3. The minimum absolute atomic E-state index is 0.000122. The number of benzene rings is 2. The number of aliphatic hydroxyl groups is 1. The van der Waals surface area contributed by atoms with Crippen LogP contribution in [0, 0.1) is 5.92 Å². The van der Waals surface area contributed by atoms with Crippen LogP contribution >= 0.6 is 0 Å². The van der Waals surface area contributed by atoms with Crippen molar-refractivity contribution in [2.75, 3.05) is 33.0 Å². The fourth-order valence-corrected chi connectivity index (χ4v) is 4.08. The minimum Gasteiger partial charge on any atom is -0.489 e. The Balaban J connectivity index is 2.00. The standard InChI is InChI=1S/C33H44N2O7/c1-3-5-7-13-32(38)42-25-29(22-26-14-16-30(17-15-26)41-24-27-11-8-6-9-12-27)35-33(39)28(10-4-2)23-31(37)34-18-20-40-21-19-36/h3-4,6,8-9,11-12,14-17,28-29,36H,1-2,5,7,10,13,18-25H2,(H,34,37)(H,35,39)/t28-,29+/m1/s1. The quantitative estimate of drug-likeness (QED) is 0.110. The molecule has 0 heterocycles. The van der Waals surface area contributed by atoms with Gasteiger partial charge in [-0.05, 0) is 48.9 Å². The monoisotopic (exact) mass is 580 g/mol. The Kier molecular flexibility index (Phi) is 17.0. The third-order valence-corrected chi connectivity index (χ3v) is 6.29. The summed E-state index contributed by atoms with van der Waals surface area (Å²) in [6.07, 6.45) is 5.67. The zero-order valence-electron chi connectivity index (χ0n) is 24.3. The number of rotatable bonds is 22. The van der Waals surface area contributed by atoms with Crippen molar-refractivity contribution in [1.29, 1.82) is 0 Å². The minimum atomic E-state index is -0.639. The molecule has 0 unspecified atom stereocenters. The Hall–Kier alpha value is -3.95. The first-order valence-corrected chi connectivity index (χ1v) is 14.3. The average Bonchev–Trinajstić information content (AvgIpc) is 3.00. The lowest BCUT2D eigenvalue weighted by Crippen LogP contribution is -2.44. The maximum atomic E-state index is 13.3. The van der Waals surface area contributed by atoms with Gasteiger partial charge in [0.15, 0.2) is 0 Å². The highest BCUT2D eigenvalue weighted by Crippen LogP contribution is 2.17. The van der Waals surface area contributed by atoms with Crippen LogP contribution in [0.1, 0.15) is 43.2 Å². The van der Waals surface area contributed by atoms with Crippen LogP contribution in [0.5, 0.6) is 5.75 Å². The molecule has 2 atom stereocenters. The van der Waals surface area contributed by atoms with E-state index in [1.807, 2.05) is 54.6 Å². The Morgan fingerprint density at radius 1 is 0.952 bits per heavy atom. The molecule has 0 aliphatic heterocycles. The molecular weight excluding hydrogens is 536 g/mol. The number of carbonyl (C=O) groups excluding carboxylic acids is 3. The Labute approximate surface area is 248 Å². The van der Waals surface area contributed by atoms with Crippen molar-refractivity contribution in [3.8, 4) is 5.75 Å². The number of carbonyl (C=O) groups is 3. The predicted molar refractivity (Wildman–Crippen MR) is 162 cm³/mol. The molecule has 2 amide bonds. The number of amides is 2. The van der Waals surface area contributed by atoms with Crippen LogP contribution in [-0.4, -0.2) is 61.9 Å². The average molecular weight is 581 g/mol. The molecular formula is C33H44N2O7. The van der Waals surface area contributed by atoms with Crippen molar-refractivity contribution in [3.63, 3.8) is 0 Å². The highest BCUT2D eigenvalue weighted by molar-refractivity contribution is 5.86. The molecule has 9 heteroatoms. The van der Waals surface area contributed by atoms with Crippen LogP contribution in [-0.2, 0) is 36.9 Å². The second-order valence-corrected chi connectivity index (χ2v) is 9.80. The van der Waals surface area contributed by atoms with Crippen LogP contribution in [0.4, 0.5) is 0 Å². The summed E-state index contributed by atoms with van der Waals surface area (Å²) in [7, 11) is 0. The molecule has 2 aromatic carbocycles. The maximum absolute atomic E-state index is 13.3. The van der Waals surface area contributed by atoms with Crippen molar-refractivity contribution in [2.24, 2.45) is 5.92 Å². The zero-order chi connectivity index (χ0) is 30.4. The number of unbranched alkanes of at least 4 members (excludes halogenated alkanes) is 1. The molecule has 0 saturated heterocycles. The largest absolute Gasteiger partial charge is 0.489 e. The highest BCUT2D eigenvalue weighted by Gasteiger charge is 2.24. The van der Waals surface area contributed by atoms with E-state index in [0.717, 1.165) is 16.9 Å². The lowest BCUT2D eigenvalue weighted by Gasteiger charge is -2.22. The molecule has 3 N–H and O–H groups in total. The second-order valence-electron chi connectivity index (χ2n) is 9.80. The van der Waals surface area contributed by atoms with Crippen molar-refractivity contribution >= 4 is 17.8 Å². The summed E-state index contributed by atoms with van der Waals surface area (Å²) in [5.74, 6) is -0.875. The summed E-state index contributed by atoms with van der Waals surface area (Å²) in [4.78, 5) is 38.0. The van der Waals surface area contributed by atoms with Gasteiger partial charge >= 0.3 is 5.97 Å². The summed E-state index contributed by atoms with van der Waals surface area (Å²) in [6, 6.07) is 16.9. The van der Waals surface area contributed by atoms with E-state index in [1.165, 1.54) is 0 Å². The van der Waals surface area contributed by atoms with Crippen molar-refractivity contribution in [3.05, 3.63) is 91.0 Å². The SMILES string of the molecule is C=CCCCC(=O)OC[C@H](Cc1ccc(OCc2ccccc2)cc1)NC(=O)[C@H](CC=C)CC(=O)NCCOCCO. The molecule has 2 aromatic rings. The van der Waals surface area contributed by atoms with Gasteiger partial charge in [-0.2, -0.15) is 0 Å². The smallest absolute Gasteiger partial charge is 0.305 e. The van der Waals surface area contributed by atoms with Gasteiger partial charge in [-0.25, -0.2) is 0 Å². The molecule has 0 fully saturated rings. The molecule has 42 heavy (non-hydrogen) atoms. The van der Waals surface area contributed by atoms with Crippen molar-refractivity contribution in [2.45, 2.75) is 51.2 Å². The van der Waals surface area contributed by atoms with Crippen LogP contribution in [0.2, 0.25) is 0 Å². The number of esters is 1. The highest BCUT2D eigenvalue weighted by atomic mass is 16.5. The number of aliphatic hydroxyl groups excluding tert-OH is 1. The van der Waals surface area contributed by atoms with Gasteiger partial charge in [0.25, 0.3) is 0 Å². The lowest BCUT2D eigenvalue weighted by molar-refractivity contribution is -0.145. The summed E-state index contributed by atoms with van der Waals surface area (Å²) >= 11 is 0.